The summed E-state index contributed by atoms with van der Waals surface area (Å²) in [4.78, 5) is 16.1. The molecule has 0 aliphatic rings. The summed E-state index contributed by atoms with van der Waals surface area (Å²) in [6.45, 7) is 11.8. The highest BCUT2D eigenvalue weighted by molar-refractivity contribution is 8.07. The van der Waals surface area contributed by atoms with Crippen LogP contribution in [0.15, 0.2) is 66.3 Å². The summed E-state index contributed by atoms with van der Waals surface area (Å²) in [7, 11) is 3.03. The van der Waals surface area contributed by atoms with Crippen molar-refractivity contribution in [3.05, 3.63) is 113 Å². The van der Waals surface area contributed by atoms with Crippen LogP contribution in [0.2, 0.25) is 0 Å². The van der Waals surface area contributed by atoms with E-state index < -0.39 is 46.6 Å². The minimum absolute atomic E-state index is 0.0231. The molecule has 252 valence electrons. The lowest BCUT2D eigenvalue weighted by Crippen LogP contribution is -2.32. The Bertz CT molecular complexity index is 1670. The average molecular weight is 680 g/mol. The molecule has 0 spiro atoms. The Labute approximate surface area is 274 Å². The number of hydrogen-bond acceptors (Lipinski definition) is 6. The van der Waals surface area contributed by atoms with Crippen molar-refractivity contribution in [2.24, 2.45) is 12.1 Å². The van der Waals surface area contributed by atoms with E-state index in [-0.39, 0.29) is 28.2 Å². The normalized spacial score (nSPS) is 11.1. The fourth-order valence-corrected chi connectivity index (χ4v) is 4.03. The number of aromatic nitrogens is 3. The second-order valence-corrected chi connectivity index (χ2v) is 11.6. The summed E-state index contributed by atoms with van der Waals surface area (Å²) >= 11 is 1.23. The number of carbonyl (C=O) groups is 1. The summed E-state index contributed by atoms with van der Waals surface area (Å²) in [6.07, 6.45) is 1.03. The van der Waals surface area contributed by atoms with Crippen molar-refractivity contribution < 1.29 is 35.9 Å². The highest BCUT2D eigenvalue weighted by atomic mass is 32.2. The number of aryl methyl sites for hydroxylation is 2. The maximum atomic E-state index is 13.6. The average Bonchev–Trinajstić information content (AvgIpc) is 3.29. The molecule has 47 heavy (non-hydrogen) atoms. The molecule has 0 atom stereocenters. The van der Waals surface area contributed by atoms with E-state index in [0.717, 1.165) is 17.1 Å². The molecule has 0 fully saturated rings. The molecule has 0 aliphatic heterocycles. The first-order chi connectivity index (χ1) is 21.9. The molecule has 0 aliphatic carbocycles. The van der Waals surface area contributed by atoms with Crippen molar-refractivity contribution in [1.29, 1.82) is 0 Å². The van der Waals surface area contributed by atoms with Crippen molar-refractivity contribution >= 4 is 28.5 Å². The van der Waals surface area contributed by atoms with E-state index in [1.807, 2.05) is 0 Å². The number of amides is 1. The maximum Gasteiger partial charge on any atom is 0.430 e. The number of ether oxygens (including phenoxy) is 1. The molecule has 7 nitrogen and oxygen atoms in total. The summed E-state index contributed by atoms with van der Waals surface area (Å²) in [5.41, 5.74) is -1.08. The van der Waals surface area contributed by atoms with E-state index in [2.05, 4.69) is 21.8 Å². The first kappa shape index (κ1) is 38.6. The minimum Gasteiger partial charge on any atom is -0.442 e. The molecule has 0 unspecified atom stereocenters. The van der Waals surface area contributed by atoms with Crippen LogP contribution in [0.25, 0.3) is 16.3 Å². The van der Waals surface area contributed by atoms with E-state index in [9.17, 15) is 31.1 Å². The van der Waals surface area contributed by atoms with E-state index >= 15 is 0 Å². The Kier molecular flexibility index (Phi) is 13.8. The molecule has 4 aromatic rings. The fourth-order valence-electron chi connectivity index (χ4n) is 3.63. The lowest BCUT2D eigenvalue weighted by Gasteiger charge is -2.22. The standard InChI is InChI=1S/C14H18F2N2O2.C10H9F2N3.C9H8F2S/c1-9(12-10(15)7-6-8-11(12)16)17-18(5)13(19)20-14(2,3)4;1-6-13-10(14-15(6)2)9-7(11)4-3-5-8(9)12;1-6(12-2)9-7(10)4-3-5-8(9)11/h6-8H,1-5H3;3-5H,1-2H3;3-5H,1H2,2H3/b17-9-;;. The van der Waals surface area contributed by atoms with Crippen LogP contribution < -0.4 is 0 Å². The number of benzene rings is 3. The number of rotatable bonds is 5. The third kappa shape index (κ3) is 11.0. The molecule has 1 amide bonds. The van der Waals surface area contributed by atoms with Crippen molar-refractivity contribution in [3.63, 3.8) is 0 Å². The molecule has 0 saturated carbocycles. The van der Waals surface area contributed by atoms with Gasteiger partial charge in [-0.05, 0) is 77.3 Å². The van der Waals surface area contributed by atoms with Crippen LogP contribution >= 0.6 is 11.8 Å². The lowest BCUT2D eigenvalue weighted by molar-refractivity contribution is 0.0303. The molecule has 14 heteroatoms. The van der Waals surface area contributed by atoms with E-state index in [1.54, 1.807) is 41.0 Å². The Morgan fingerprint density at radius 2 is 1.30 bits per heavy atom. The van der Waals surface area contributed by atoms with Crippen molar-refractivity contribution in [2.75, 3.05) is 13.3 Å². The van der Waals surface area contributed by atoms with E-state index in [0.29, 0.717) is 10.7 Å². The van der Waals surface area contributed by atoms with Crippen LogP contribution in [0.1, 0.15) is 44.6 Å². The van der Waals surface area contributed by atoms with Crippen LogP contribution in [-0.4, -0.2) is 50.5 Å². The zero-order valence-corrected chi connectivity index (χ0v) is 27.9. The van der Waals surface area contributed by atoms with Crippen LogP contribution in [0.5, 0.6) is 0 Å². The van der Waals surface area contributed by atoms with Gasteiger partial charge in [0.15, 0.2) is 5.82 Å². The van der Waals surface area contributed by atoms with E-state index in [4.69, 9.17) is 4.74 Å². The Morgan fingerprint density at radius 1 is 0.872 bits per heavy atom. The van der Waals surface area contributed by atoms with Crippen LogP contribution in [0, 0.1) is 41.8 Å². The van der Waals surface area contributed by atoms with Crippen molar-refractivity contribution in [1.82, 2.24) is 19.8 Å². The first-order valence-electron chi connectivity index (χ1n) is 13.8. The number of hydrogen-bond donors (Lipinski definition) is 0. The molecule has 3 aromatic carbocycles. The smallest absolute Gasteiger partial charge is 0.430 e. The van der Waals surface area contributed by atoms with Gasteiger partial charge in [-0.1, -0.05) is 24.8 Å². The van der Waals surface area contributed by atoms with Gasteiger partial charge in [0.05, 0.1) is 22.4 Å². The third-order valence-electron chi connectivity index (χ3n) is 5.94. The fraction of sp³-hybridized carbons (Fsp3) is 0.273. The second-order valence-electron chi connectivity index (χ2n) is 10.7. The number of hydrazone groups is 1. The van der Waals surface area contributed by atoms with Gasteiger partial charge in [0.1, 0.15) is 46.3 Å². The molecule has 0 saturated heterocycles. The number of halogens is 6. The molecule has 1 heterocycles. The largest absolute Gasteiger partial charge is 0.442 e. The predicted molar refractivity (Wildman–Crippen MR) is 173 cm³/mol. The SMILES string of the molecule is C/C(=N/N(C)C(=O)OC(C)(C)C)c1c(F)cccc1F.C=C(SC)c1c(F)cccc1F.Cc1nc(-c2c(F)cccc2F)nn1C. The third-order valence-corrected chi connectivity index (χ3v) is 6.63. The zero-order chi connectivity index (χ0) is 35.6. The predicted octanol–water partition coefficient (Wildman–Crippen LogP) is 8.92. The van der Waals surface area contributed by atoms with E-state index in [1.165, 1.54) is 72.9 Å². The second kappa shape index (κ2) is 16.8. The van der Waals surface area contributed by atoms with Gasteiger partial charge in [0.2, 0.25) is 0 Å². The van der Waals surface area contributed by atoms with Crippen molar-refractivity contribution in [3.8, 4) is 11.4 Å². The first-order valence-corrected chi connectivity index (χ1v) is 15.1. The lowest BCUT2D eigenvalue weighted by atomic mass is 10.1. The Balaban J connectivity index is 0.000000253. The van der Waals surface area contributed by atoms with Crippen LogP contribution in [0.4, 0.5) is 31.1 Å². The summed E-state index contributed by atoms with van der Waals surface area (Å²) in [6, 6.07) is 11.0. The zero-order valence-electron chi connectivity index (χ0n) is 27.1. The van der Waals surface area contributed by atoms with Gasteiger partial charge in [-0.2, -0.15) is 10.2 Å². The van der Waals surface area contributed by atoms with Gasteiger partial charge in [-0.25, -0.2) is 41.1 Å². The van der Waals surface area contributed by atoms with Gasteiger partial charge in [0, 0.05) is 19.0 Å². The molecular weight excluding hydrogens is 644 g/mol. The molecule has 4 rings (SSSR count). The summed E-state index contributed by atoms with van der Waals surface area (Å²) in [5.74, 6) is -3.21. The monoisotopic (exact) mass is 679 g/mol. The number of thioether (sulfide) groups is 1. The summed E-state index contributed by atoms with van der Waals surface area (Å²) in [5, 5.41) is 8.69. The van der Waals surface area contributed by atoms with Gasteiger partial charge in [-0.15, -0.1) is 11.8 Å². The number of carbonyl (C=O) groups excluding carboxylic acids is 1. The highest BCUT2D eigenvalue weighted by Gasteiger charge is 2.21. The molecule has 0 N–H and O–H groups in total. The molecular formula is C33H35F6N5O2S. The minimum atomic E-state index is -0.733. The van der Waals surface area contributed by atoms with Gasteiger partial charge < -0.3 is 4.74 Å². The van der Waals surface area contributed by atoms with Gasteiger partial charge in [0.25, 0.3) is 0 Å². The number of nitrogens with zero attached hydrogens (tertiary/aromatic N) is 5. The summed E-state index contributed by atoms with van der Waals surface area (Å²) < 4.78 is 86.3. The Hall–Kier alpha value is -4.59. The molecule has 1 aromatic heterocycles. The highest BCUT2D eigenvalue weighted by Crippen LogP contribution is 2.27. The molecule has 0 radical (unpaired) electrons. The van der Waals surface area contributed by atoms with Gasteiger partial charge in [-0.3, -0.25) is 4.68 Å². The van der Waals surface area contributed by atoms with Crippen LogP contribution in [0.3, 0.4) is 0 Å². The maximum absolute atomic E-state index is 13.6. The van der Waals surface area contributed by atoms with Crippen molar-refractivity contribution in [2.45, 2.75) is 40.2 Å². The quantitative estimate of drug-likeness (QED) is 0.120. The Morgan fingerprint density at radius 3 is 1.68 bits per heavy atom. The van der Waals surface area contributed by atoms with Gasteiger partial charge >= 0.3 is 6.09 Å². The topological polar surface area (TPSA) is 72.6 Å². The molecule has 0 bridgehead atoms. The van der Waals surface area contributed by atoms with Crippen LogP contribution in [-0.2, 0) is 11.8 Å².